The van der Waals surface area contributed by atoms with Crippen LogP contribution in [-0.4, -0.2) is 46.7 Å². The highest BCUT2D eigenvalue weighted by atomic mass is 35.5. The zero-order valence-electron chi connectivity index (χ0n) is 14.9. The quantitative estimate of drug-likeness (QED) is 0.699. The van der Waals surface area contributed by atoms with Crippen molar-refractivity contribution < 1.29 is 8.91 Å². The van der Waals surface area contributed by atoms with Gasteiger partial charge in [0.2, 0.25) is 5.89 Å². The molecule has 1 aliphatic rings. The third-order valence-corrected chi connectivity index (χ3v) is 5.39. The van der Waals surface area contributed by atoms with E-state index >= 15 is 0 Å². The van der Waals surface area contributed by atoms with Crippen molar-refractivity contribution >= 4 is 23.7 Å². The van der Waals surface area contributed by atoms with Crippen molar-refractivity contribution in [2.75, 3.05) is 26.7 Å². The number of hydrogen-bond donors (Lipinski definition) is 1. The summed E-state index contributed by atoms with van der Waals surface area (Å²) in [5.41, 5.74) is 1.96. The molecule has 1 saturated heterocycles. The van der Waals surface area contributed by atoms with E-state index in [9.17, 15) is 4.39 Å². The zero-order chi connectivity index (χ0) is 17.9. The molecule has 9 heteroatoms. The van der Waals surface area contributed by atoms with E-state index in [-0.39, 0.29) is 24.3 Å². The summed E-state index contributed by atoms with van der Waals surface area (Å²) in [6, 6.07) is 6.66. The molecule has 0 aliphatic carbocycles. The van der Waals surface area contributed by atoms with Gasteiger partial charge in [0.15, 0.2) is 5.82 Å². The number of aromatic nitrogens is 3. The van der Waals surface area contributed by atoms with Crippen molar-refractivity contribution in [1.29, 1.82) is 0 Å². The van der Waals surface area contributed by atoms with Gasteiger partial charge in [0.1, 0.15) is 5.82 Å². The molecule has 3 aromatic rings. The van der Waals surface area contributed by atoms with Crippen molar-refractivity contribution in [2.45, 2.75) is 18.9 Å². The van der Waals surface area contributed by atoms with Gasteiger partial charge in [-0.3, -0.25) is 4.90 Å². The summed E-state index contributed by atoms with van der Waals surface area (Å²) in [5.74, 6) is 1.08. The molecule has 1 atom stereocenters. The molecule has 1 aliphatic heterocycles. The van der Waals surface area contributed by atoms with E-state index in [0.29, 0.717) is 18.7 Å². The summed E-state index contributed by atoms with van der Waals surface area (Å²) < 4.78 is 18.4. The Morgan fingerprint density at radius 2 is 2.07 bits per heavy atom. The molecule has 1 unspecified atom stereocenters. The smallest absolute Gasteiger partial charge is 0.232 e. The van der Waals surface area contributed by atoms with Crippen LogP contribution in [0.1, 0.15) is 34.0 Å². The summed E-state index contributed by atoms with van der Waals surface area (Å²) in [4.78, 5) is 11.4. The maximum absolute atomic E-state index is 13.0. The Hall–Kier alpha value is -1.87. The Labute approximate surface area is 167 Å². The Morgan fingerprint density at radius 1 is 1.26 bits per heavy atom. The number of nitrogens with zero attached hydrogens (tertiary/aromatic N) is 4. The van der Waals surface area contributed by atoms with Gasteiger partial charge in [-0.25, -0.2) is 9.37 Å². The third kappa shape index (κ3) is 4.90. The number of likely N-dealkylation sites (N-methyl/N-ethyl adjacent to an activating group) is 1. The molecule has 6 nitrogen and oxygen atoms in total. The predicted molar refractivity (Wildman–Crippen MR) is 104 cm³/mol. The van der Waals surface area contributed by atoms with Crippen LogP contribution in [0.25, 0.3) is 0 Å². The number of hydrogen-bond acceptors (Lipinski definition) is 7. The van der Waals surface area contributed by atoms with Gasteiger partial charge in [-0.1, -0.05) is 17.3 Å². The van der Waals surface area contributed by atoms with Crippen molar-refractivity contribution in [2.24, 2.45) is 0 Å². The van der Waals surface area contributed by atoms with E-state index in [1.165, 1.54) is 12.1 Å². The van der Waals surface area contributed by atoms with Crippen LogP contribution < -0.4 is 5.32 Å². The van der Waals surface area contributed by atoms with Crippen LogP contribution in [0, 0.1) is 5.82 Å². The Bertz CT molecular complexity index is 869. The second-order valence-electron chi connectivity index (χ2n) is 6.46. The number of halogens is 2. The maximum atomic E-state index is 13.0. The normalized spacial score (nSPS) is 17.6. The molecule has 3 heterocycles. The van der Waals surface area contributed by atoms with E-state index in [2.05, 4.69) is 32.4 Å². The SMILES string of the molecule is CN1CCNCC1c1noc(Cc2csc(Cc3ccc(F)cc3)n2)n1.Cl. The second kappa shape index (κ2) is 8.88. The van der Waals surface area contributed by atoms with Gasteiger partial charge in [-0.05, 0) is 24.7 Å². The Balaban J connectivity index is 0.00000210. The van der Waals surface area contributed by atoms with Gasteiger partial charge < -0.3 is 9.84 Å². The molecule has 0 saturated carbocycles. The molecule has 2 aromatic heterocycles. The maximum Gasteiger partial charge on any atom is 0.232 e. The van der Waals surface area contributed by atoms with Gasteiger partial charge in [0.05, 0.1) is 23.2 Å². The van der Waals surface area contributed by atoms with Crippen LogP contribution in [-0.2, 0) is 12.8 Å². The highest BCUT2D eigenvalue weighted by molar-refractivity contribution is 7.09. The van der Waals surface area contributed by atoms with Crippen LogP contribution in [0.3, 0.4) is 0 Å². The first-order valence-electron chi connectivity index (χ1n) is 8.58. The lowest BCUT2D eigenvalue weighted by Crippen LogP contribution is -2.44. The van der Waals surface area contributed by atoms with Crippen LogP contribution in [0.15, 0.2) is 34.2 Å². The molecular formula is C18H21ClFN5OS. The standard InChI is InChI=1S/C18H20FN5OS.ClH/c1-24-7-6-20-10-15(24)18-22-16(25-23-18)9-14-11-26-17(21-14)8-12-2-4-13(19)5-3-12;/h2-5,11,15,20H,6-10H2,1H3;1H. The minimum Gasteiger partial charge on any atom is -0.339 e. The van der Waals surface area contributed by atoms with E-state index in [1.54, 1.807) is 23.5 Å². The number of piperazine rings is 1. The van der Waals surface area contributed by atoms with Gasteiger partial charge >= 0.3 is 0 Å². The molecule has 27 heavy (non-hydrogen) atoms. The molecule has 1 aromatic carbocycles. The summed E-state index contributed by atoms with van der Waals surface area (Å²) in [6.07, 6.45) is 1.22. The molecule has 0 radical (unpaired) electrons. The van der Waals surface area contributed by atoms with E-state index in [4.69, 9.17) is 4.52 Å². The second-order valence-corrected chi connectivity index (χ2v) is 7.40. The fraction of sp³-hybridized carbons (Fsp3) is 0.389. The molecule has 0 spiro atoms. The summed E-state index contributed by atoms with van der Waals surface area (Å²) in [7, 11) is 2.07. The Morgan fingerprint density at radius 3 is 2.85 bits per heavy atom. The van der Waals surface area contributed by atoms with E-state index < -0.39 is 0 Å². The lowest BCUT2D eigenvalue weighted by atomic mass is 10.1. The van der Waals surface area contributed by atoms with Crippen molar-refractivity contribution in [1.82, 2.24) is 25.3 Å². The third-order valence-electron chi connectivity index (χ3n) is 4.49. The van der Waals surface area contributed by atoms with Crippen LogP contribution in [0.2, 0.25) is 0 Å². The molecule has 0 bridgehead atoms. The first-order chi connectivity index (χ1) is 12.7. The van der Waals surface area contributed by atoms with Gasteiger partial charge in [-0.2, -0.15) is 4.98 Å². The highest BCUT2D eigenvalue weighted by Gasteiger charge is 2.25. The summed E-state index contributed by atoms with van der Waals surface area (Å²) >= 11 is 1.59. The van der Waals surface area contributed by atoms with Crippen molar-refractivity contribution in [3.63, 3.8) is 0 Å². The van der Waals surface area contributed by atoms with Gasteiger partial charge in [0, 0.05) is 31.4 Å². The summed E-state index contributed by atoms with van der Waals surface area (Å²) in [5, 5.41) is 10.5. The lowest BCUT2D eigenvalue weighted by Gasteiger charge is -2.30. The van der Waals surface area contributed by atoms with E-state index in [0.717, 1.165) is 41.7 Å². The number of thiazole rings is 1. The number of benzene rings is 1. The molecule has 0 amide bonds. The van der Waals surface area contributed by atoms with Crippen molar-refractivity contribution in [3.05, 3.63) is 63.4 Å². The van der Waals surface area contributed by atoms with E-state index in [1.807, 2.05) is 5.38 Å². The molecule has 4 rings (SSSR count). The molecular weight excluding hydrogens is 389 g/mol. The lowest BCUT2D eigenvalue weighted by molar-refractivity contribution is 0.190. The zero-order valence-corrected chi connectivity index (χ0v) is 16.5. The minimum absolute atomic E-state index is 0. The average Bonchev–Trinajstić information content (AvgIpc) is 3.27. The largest absolute Gasteiger partial charge is 0.339 e. The number of nitrogens with one attached hydrogen (secondary N) is 1. The molecule has 1 fully saturated rings. The van der Waals surface area contributed by atoms with Crippen LogP contribution in [0.4, 0.5) is 4.39 Å². The summed E-state index contributed by atoms with van der Waals surface area (Å²) in [6.45, 7) is 2.77. The van der Waals surface area contributed by atoms with Crippen LogP contribution >= 0.6 is 23.7 Å². The average molecular weight is 410 g/mol. The monoisotopic (exact) mass is 409 g/mol. The van der Waals surface area contributed by atoms with Gasteiger partial charge in [0.25, 0.3) is 0 Å². The number of rotatable bonds is 5. The first kappa shape index (κ1) is 19.9. The molecule has 1 N–H and O–H groups in total. The Kier molecular flexibility index (Phi) is 6.54. The van der Waals surface area contributed by atoms with Crippen molar-refractivity contribution in [3.8, 4) is 0 Å². The predicted octanol–water partition coefficient (Wildman–Crippen LogP) is 2.84. The fourth-order valence-electron chi connectivity index (χ4n) is 3.01. The first-order valence-corrected chi connectivity index (χ1v) is 9.46. The van der Waals surface area contributed by atoms with Gasteiger partial charge in [-0.15, -0.1) is 23.7 Å². The fourth-order valence-corrected chi connectivity index (χ4v) is 3.84. The van der Waals surface area contributed by atoms with Crippen LogP contribution in [0.5, 0.6) is 0 Å². The minimum atomic E-state index is -0.223. The highest BCUT2D eigenvalue weighted by Crippen LogP contribution is 2.20. The molecule has 144 valence electrons. The topological polar surface area (TPSA) is 67.1 Å².